The number of aryl methyl sites for hydroxylation is 1. The lowest BCUT2D eigenvalue weighted by molar-refractivity contribution is 0.0911. The SMILES string of the molecule is Cc1c(C(=O)NC(C)c2ncc[nH]2)oc2ccc(Br)cc12. The normalized spacial score (nSPS) is 12.5. The number of aromatic nitrogens is 2. The summed E-state index contributed by atoms with van der Waals surface area (Å²) in [6.45, 7) is 3.75. The van der Waals surface area contributed by atoms with Crippen molar-refractivity contribution in [2.45, 2.75) is 19.9 Å². The predicted octanol–water partition coefficient (Wildman–Crippen LogP) is 3.72. The number of imidazole rings is 1. The quantitative estimate of drug-likeness (QED) is 0.758. The number of halogens is 1. The van der Waals surface area contributed by atoms with Crippen LogP contribution in [-0.2, 0) is 0 Å². The summed E-state index contributed by atoms with van der Waals surface area (Å²) in [6, 6.07) is 5.46. The number of carbonyl (C=O) groups excluding carboxylic acids is 1. The molecule has 1 amide bonds. The zero-order valence-electron chi connectivity index (χ0n) is 11.6. The first-order chi connectivity index (χ1) is 10.1. The van der Waals surface area contributed by atoms with Crippen LogP contribution >= 0.6 is 15.9 Å². The molecule has 1 unspecified atom stereocenters. The topological polar surface area (TPSA) is 70.9 Å². The number of amides is 1. The summed E-state index contributed by atoms with van der Waals surface area (Å²) in [4.78, 5) is 19.5. The minimum atomic E-state index is -0.247. The number of H-pyrrole nitrogens is 1. The van der Waals surface area contributed by atoms with Crippen LogP contribution in [0.3, 0.4) is 0 Å². The smallest absolute Gasteiger partial charge is 0.287 e. The Labute approximate surface area is 129 Å². The number of hydrogen-bond acceptors (Lipinski definition) is 3. The number of rotatable bonds is 3. The fourth-order valence-corrected chi connectivity index (χ4v) is 2.62. The number of aromatic amines is 1. The highest BCUT2D eigenvalue weighted by Crippen LogP contribution is 2.28. The zero-order valence-corrected chi connectivity index (χ0v) is 13.2. The number of hydrogen-bond donors (Lipinski definition) is 2. The summed E-state index contributed by atoms with van der Waals surface area (Å²) in [5.41, 5.74) is 1.53. The van der Waals surface area contributed by atoms with Gasteiger partial charge in [-0.25, -0.2) is 4.98 Å². The molecule has 21 heavy (non-hydrogen) atoms. The van der Waals surface area contributed by atoms with E-state index in [9.17, 15) is 4.79 Å². The minimum absolute atomic E-state index is 0.216. The average molecular weight is 348 g/mol. The highest BCUT2D eigenvalue weighted by Gasteiger charge is 2.20. The second-order valence-electron chi connectivity index (χ2n) is 4.87. The molecular formula is C15H14BrN3O2. The van der Waals surface area contributed by atoms with Crippen molar-refractivity contribution in [2.75, 3.05) is 0 Å². The van der Waals surface area contributed by atoms with E-state index in [1.807, 2.05) is 32.0 Å². The van der Waals surface area contributed by atoms with Crippen molar-refractivity contribution >= 4 is 32.8 Å². The van der Waals surface area contributed by atoms with Crippen LogP contribution in [0.25, 0.3) is 11.0 Å². The molecule has 1 aromatic carbocycles. The second-order valence-corrected chi connectivity index (χ2v) is 5.78. The van der Waals surface area contributed by atoms with E-state index in [2.05, 4.69) is 31.2 Å². The van der Waals surface area contributed by atoms with Crippen molar-refractivity contribution in [1.29, 1.82) is 0 Å². The van der Waals surface area contributed by atoms with Gasteiger partial charge in [-0.1, -0.05) is 15.9 Å². The maximum atomic E-state index is 12.4. The first-order valence-electron chi connectivity index (χ1n) is 6.55. The molecule has 0 bridgehead atoms. The van der Waals surface area contributed by atoms with Gasteiger partial charge in [-0.3, -0.25) is 4.79 Å². The van der Waals surface area contributed by atoms with Crippen LogP contribution in [0.1, 0.15) is 34.9 Å². The first kappa shape index (κ1) is 13.9. The van der Waals surface area contributed by atoms with E-state index in [1.165, 1.54) is 0 Å². The molecule has 0 aliphatic heterocycles. The molecule has 3 aromatic rings. The molecule has 0 aliphatic carbocycles. The van der Waals surface area contributed by atoms with Crippen LogP contribution in [-0.4, -0.2) is 15.9 Å². The Hall–Kier alpha value is -2.08. The van der Waals surface area contributed by atoms with Crippen LogP contribution in [0.5, 0.6) is 0 Å². The molecule has 0 fully saturated rings. The van der Waals surface area contributed by atoms with E-state index < -0.39 is 0 Å². The number of benzene rings is 1. The van der Waals surface area contributed by atoms with E-state index in [0.29, 0.717) is 17.2 Å². The van der Waals surface area contributed by atoms with Crippen molar-refractivity contribution in [3.8, 4) is 0 Å². The second kappa shape index (κ2) is 5.37. The Morgan fingerprint density at radius 2 is 2.29 bits per heavy atom. The Balaban J connectivity index is 1.89. The average Bonchev–Trinajstić information content (AvgIpc) is 3.08. The van der Waals surface area contributed by atoms with Gasteiger partial charge in [-0.15, -0.1) is 0 Å². The maximum absolute atomic E-state index is 12.4. The van der Waals surface area contributed by atoms with Gasteiger partial charge in [0.05, 0.1) is 6.04 Å². The summed E-state index contributed by atoms with van der Waals surface area (Å²) >= 11 is 3.42. The number of nitrogens with one attached hydrogen (secondary N) is 2. The molecule has 0 saturated carbocycles. The van der Waals surface area contributed by atoms with Crippen molar-refractivity contribution in [2.24, 2.45) is 0 Å². The Kier molecular flexibility index (Phi) is 3.55. The predicted molar refractivity (Wildman–Crippen MR) is 83.1 cm³/mol. The molecule has 2 N–H and O–H groups in total. The molecule has 1 atom stereocenters. The lowest BCUT2D eigenvalue weighted by atomic mass is 10.1. The fourth-order valence-electron chi connectivity index (χ4n) is 2.25. The standard InChI is InChI=1S/C15H14BrN3O2/c1-8-11-7-10(16)3-4-12(11)21-13(8)15(20)19-9(2)14-17-5-6-18-14/h3-7,9H,1-2H3,(H,17,18)(H,19,20). The van der Waals surface area contributed by atoms with Gasteiger partial charge in [0, 0.05) is 27.8 Å². The van der Waals surface area contributed by atoms with Crippen LogP contribution in [0.15, 0.2) is 39.5 Å². The van der Waals surface area contributed by atoms with Gasteiger partial charge in [0.15, 0.2) is 5.76 Å². The third-order valence-electron chi connectivity index (χ3n) is 3.38. The molecular weight excluding hydrogens is 334 g/mol. The molecule has 0 radical (unpaired) electrons. The van der Waals surface area contributed by atoms with E-state index in [4.69, 9.17) is 4.42 Å². The largest absolute Gasteiger partial charge is 0.451 e. The van der Waals surface area contributed by atoms with Crippen LogP contribution in [0.2, 0.25) is 0 Å². The van der Waals surface area contributed by atoms with Crippen molar-refractivity contribution in [3.63, 3.8) is 0 Å². The number of furan rings is 1. The van der Waals surface area contributed by atoms with Gasteiger partial charge in [0.2, 0.25) is 0 Å². The van der Waals surface area contributed by atoms with Crippen LogP contribution in [0, 0.1) is 6.92 Å². The first-order valence-corrected chi connectivity index (χ1v) is 7.34. The molecule has 0 spiro atoms. The minimum Gasteiger partial charge on any atom is -0.451 e. The monoisotopic (exact) mass is 347 g/mol. The lowest BCUT2D eigenvalue weighted by Gasteiger charge is -2.10. The van der Waals surface area contributed by atoms with Crippen molar-refractivity contribution in [3.05, 3.63) is 52.2 Å². The number of carbonyl (C=O) groups is 1. The number of fused-ring (bicyclic) bond motifs is 1. The van der Waals surface area contributed by atoms with Gasteiger partial charge < -0.3 is 14.7 Å². The van der Waals surface area contributed by atoms with Gasteiger partial charge >= 0.3 is 0 Å². The molecule has 2 heterocycles. The summed E-state index contributed by atoms with van der Waals surface area (Å²) in [6.07, 6.45) is 3.38. The van der Waals surface area contributed by atoms with Crippen molar-refractivity contribution in [1.82, 2.24) is 15.3 Å². The Morgan fingerprint density at radius 3 is 3.00 bits per heavy atom. The van der Waals surface area contributed by atoms with Gasteiger partial charge in [-0.2, -0.15) is 0 Å². The van der Waals surface area contributed by atoms with Crippen molar-refractivity contribution < 1.29 is 9.21 Å². The third kappa shape index (κ3) is 2.58. The zero-order chi connectivity index (χ0) is 15.0. The molecule has 108 valence electrons. The molecule has 2 aromatic heterocycles. The summed E-state index contributed by atoms with van der Waals surface area (Å²) in [7, 11) is 0. The molecule has 6 heteroatoms. The summed E-state index contributed by atoms with van der Waals surface area (Å²) < 4.78 is 6.62. The van der Waals surface area contributed by atoms with Gasteiger partial charge in [0.25, 0.3) is 5.91 Å². The van der Waals surface area contributed by atoms with Gasteiger partial charge in [0.1, 0.15) is 11.4 Å². The highest BCUT2D eigenvalue weighted by molar-refractivity contribution is 9.10. The van der Waals surface area contributed by atoms with E-state index in [-0.39, 0.29) is 11.9 Å². The summed E-state index contributed by atoms with van der Waals surface area (Å²) in [5, 5.41) is 3.81. The van der Waals surface area contributed by atoms with Crippen LogP contribution < -0.4 is 5.32 Å². The fraction of sp³-hybridized carbons (Fsp3) is 0.200. The molecule has 0 saturated heterocycles. The molecule has 3 rings (SSSR count). The van der Waals surface area contributed by atoms with E-state index >= 15 is 0 Å². The maximum Gasteiger partial charge on any atom is 0.287 e. The molecule has 0 aliphatic rings. The van der Waals surface area contributed by atoms with E-state index in [0.717, 1.165) is 15.4 Å². The Morgan fingerprint density at radius 1 is 1.48 bits per heavy atom. The third-order valence-corrected chi connectivity index (χ3v) is 3.87. The summed E-state index contributed by atoms with van der Waals surface area (Å²) in [5.74, 6) is 0.796. The molecule has 5 nitrogen and oxygen atoms in total. The highest BCUT2D eigenvalue weighted by atomic mass is 79.9. The number of nitrogens with zero attached hydrogens (tertiary/aromatic N) is 1. The lowest BCUT2D eigenvalue weighted by Crippen LogP contribution is -2.27. The Bertz CT molecular complexity index is 793. The van der Waals surface area contributed by atoms with E-state index in [1.54, 1.807) is 12.4 Å². The van der Waals surface area contributed by atoms with Crippen LogP contribution in [0.4, 0.5) is 0 Å². The van der Waals surface area contributed by atoms with Gasteiger partial charge in [-0.05, 0) is 32.0 Å².